The minimum atomic E-state index is 0.167. The molecule has 0 atom stereocenters. The molecule has 1 aliphatic rings. The van der Waals surface area contributed by atoms with Crippen LogP contribution in [0.15, 0.2) is 54.6 Å². The molecule has 1 aliphatic heterocycles. The van der Waals surface area contributed by atoms with Crippen LogP contribution in [0, 0.1) is 5.92 Å². The van der Waals surface area contributed by atoms with Gasteiger partial charge in [0, 0.05) is 44.8 Å². The monoisotopic (exact) mass is 427 g/mol. The van der Waals surface area contributed by atoms with E-state index in [1.165, 1.54) is 5.69 Å². The Morgan fingerprint density at radius 3 is 2.16 bits per heavy atom. The Kier molecular flexibility index (Phi) is 10.9. The third-order valence-corrected chi connectivity index (χ3v) is 4.69. The van der Waals surface area contributed by atoms with E-state index in [1.807, 2.05) is 47.4 Å². The van der Waals surface area contributed by atoms with Gasteiger partial charge in [-0.3, -0.25) is 9.63 Å². The number of carbonyl (C=O) groups excluding carboxylic acids is 1. The zero-order chi connectivity index (χ0) is 22.5. The van der Waals surface area contributed by atoms with E-state index >= 15 is 0 Å². The second-order valence-electron chi connectivity index (χ2n) is 8.22. The Bertz CT molecular complexity index is 740. The molecule has 0 spiro atoms. The van der Waals surface area contributed by atoms with E-state index in [4.69, 9.17) is 9.57 Å². The summed E-state index contributed by atoms with van der Waals surface area (Å²) >= 11 is 0. The summed E-state index contributed by atoms with van der Waals surface area (Å²) in [6, 6.07) is 18.0. The number of amides is 1. The van der Waals surface area contributed by atoms with Crippen molar-refractivity contribution in [3.63, 3.8) is 0 Å². The van der Waals surface area contributed by atoms with E-state index in [1.54, 1.807) is 7.11 Å². The topological polar surface area (TPSA) is 54.0 Å². The highest BCUT2D eigenvalue weighted by Crippen LogP contribution is 2.20. The van der Waals surface area contributed by atoms with E-state index < -0.39 is 0 Å². The standard InChI is InChI=1S/C21H27N3O3.C4H10/c1-26-20-9-7-19(8-10-20)23-13-15-24(16-14-23)21(25)11-12-22-27-17-18-5-3-2-4-6-18;1-4(2)3/h2-10,22H,11-17H2,1H3;4H,1-3H3. The first-order valence-corrected chi connectivity index (χ1v) is 11.0. The quantitative estimate of drug-likeness (QED) is 0.507. The van der Waals surface area contributed by atoms with Crippen LogP contribution >= 0.6 is 0 Å². The van der Waals surface area contributed by atoms with Crippen molar-refractivity contribution in [3.05, 3.63) is 60.2 Å². The fraction of sp³-hybridized carbons (Fsp3) is 0.480. The number of methoxy groups -OCH3 is 1. The summed E-state index contributed by atoms with van der Waals surface area (Å²) in [5.74, 6) is 1.86. The average Bonchev–Trinajstić information content (AvgIpc) is 2.79. The third-order valence-electron chi connectivity index (χ3n) is 4.69. The lowest BCUT2D eigenvalue weighted by Crippen LogP contribution is -2.49. The van der Waals surface area contributed by atoms with Crippen molar-refractivity contribution in [2.45, 2.75) is 33.8 Å². The van der Waals surface area contributed by atoms with E-state index in [0.29, 0.717) is 19.6 Å². The van der Waals surface area contributed by atoms with Crippen molar-refractivity contribution in [2.75, 3.05) is 44.7 Å². The molecule has 0 unspecified atom stereocenters. The number of hydrogen-bond donors (Lipinski definition) is 1. The molecule has 1 saturated heterocycles. The van der Waals surface area contributed by atoms with Gasteiger partial charge in [-0.25, -0.2) is 5.48 Å². The van der Waals surface area contributed by atoms with Gasteiger partial charge in [-0.2, -0.15) is 0 Å². The SMILES string of the molecule is CC(C)C.COc1ccc(N2CCN(C(=O)CCNOCc3ccccc3)CC2)cc1. The number of rotatable bonds is 8. The zero-order valence-electron chi connectivity index (χ0n) is 19.3. The Morgan fingerprint density at radius 2 is 1.58 bits per heavy atom. The van der Waals surface area contributed by atoms with Crippen LogP contribution in [-0.4, -0.2) is 50.6 Å². The first kappa shape index (κ1) is 24.7. The molecule has 31 heavy (non-hydrogen) atoms. The fourth-order valence-corrected chi connectivity index (χ4v) is 3.10. The van der Waals surface area contributed by atoms with Gasteiger partial charge >= 0.3 is 0 Å². The Morgan fingerprint density at radius 1 is 0.968 bits per heavy atom. The highest BCUT2D eigenvalue weighted by Gasteiger charge is 2.20. The molecule has 6 nitrogen and oxygen atoms in total. The molecule has 0 saturated carbocycles. The summed E-state index contributed by atoms with van der Waals surface area (Å²) in [5.41, 5.74) is 5.15. The van der Waals surface area contributed by atoms with Crippen LogP contribution in [0.1, 0.15) is 32.8 Å². The summed E-state index contributed by atoms with van der Waals surface area (Å²) in [4.78, 5) is 22.0. The number of nitrogens with one attached hydrogen (secondary N) is 1. The lowest BCUT2D eigenvalue weighted by Gasteiger charge is -2.36. The summed E-state index contributed by atoms with van der Waals surface area (Å²) in [7, 11) is 1.67. The van der Waals surface area contributed by atoms with Gasteiger partial charge in [-0.15, -0.1) is 0 Å². The first-order valence-electron chi connectivity index (χ1n) is 11.0. The van der Waals surface area contributed by atoms with Gasteiger partial charge in [0.1, 0.15) is 5.75 Å². The van der Waals surface area contributed by atoms with Crippen molar-refractivity contribution >= 4 is 11.6 Å². The molecule has 1 N–H and O–H groups in total. The van der Waals surface area contributed by atoms with Crippen LogP contribution in [0.5, 0.6) is 5.75 Å². The number of anilines is 1. The van der Waals surface area contributed by atoms with Gasteiger partial charge in [-0.1, -0.05) is 51.1 Å². The maximum atomic E-state index is 12.4. The van der Waals surface area contributed by atoms with Crippen molar-refractivity contribution in [2.24, 2.45) is 5.92 Å². The second kappa shape index (κ2) is 13.7. The average molecular weight is 428 g/mol. The van der Waals surface area contributed by atoms with Crippen LogP contribution in [0.4, 0.5) is 5.69 Å². The van der Waals surface area contributed by atoms with E-state index in [2.05, 4.69) is 43.3 Å². The molecule has 2 aromatic rings. The van der Waals surface area contributed by atoms with Gasteiger partial charge in [0.2, 0.25) is 5.91 Å². The largest absolute Gasteiger partial charge is 0.497 e. The lowest BCUT2D eigenvalue weighted by molar-refractivity contribution is -0.132. The predicted molar refractivity (Wildman–Crippen MR) is 126 cm³/mol. The van der Waals surface area contributed by atoms with Gasteiger partial charge in [0.15, 0.2) is 0 Å². The number of benzene rings is 2. The molecule has 1 heterocycles. The van der Waals surface area contributed by atoms with Crippen molar-refractivity contribution in [3.8, 4) is 5.75 Å². The molecule has 0 radical (unpaired) electrons. The molecular weight excluding hydrogens is 390 g/mol. The number of hydroxylamine groups is 1. The lowest BCUT2D eigenvalue weighted by atomic mass is 10.2. The third kappa shape index (κ3) is 9.40. The highest BCUT2D eigenvalue weighted by molar-refractivity contribution is 5.76. The minimum Gasteiger partial charge on any atom is -0.497 e. The number of carbonyl (C=O) groups is 1. The zero-order valence-corrected chi connectivity index (χ0v) is 19.3. The van der Waals surface area contributed by atoms with Crippen molar-refractivity contribution < 1.29 is 14.4 Å². The minimum absolute atomic E-state index is 0.167. The maximum absolute atomic E-state index is 12.4. The second-order valence-corrected chi connectivity index (χ2v) is 8.22. The van der Waals surface area contributed by atoms with E-state index in [9.17, 15) is 4.79 Å². The molecule has 0 aromatic heterocycles. The van der Waals surface area contributed by atoms with E-state index in [-0.39, 0.29) is 5.91 Å². The number of ether oxygens (including phenoxy) is 1. The number of nitrogens with zero attached hydrogens (tertiary/aromatic N) is 2. The summed E-state index contributed by atoms with van der Waals surface area (Å²) in [6.07, 6.45) is 0.442. The van der Waals surface area contributed by atoms with Crippen LogP contribution in [-0.2, 0) is 16.2 Å². The predicted octanol–water partition coefficient (Wildman–Crippen LogP) is 4.12. The van der Waals surface area contributed by atoms with Crippen LogP contribution in [0.25, 0.3) is 0 Å². The fourth-order valence-electron chi connectivity index (χ4n) is 3.10. The molecule has 6 heteroatoms. The summed E-state index contributed by atoms with van der Waals surface area (Å²) in [6.45, 7) is 10.7. The molecular formula is C25H37N3O3. The molecule has 2 aromatic carbocycles. The van der Waals surface area contributed by atoms with E-state index in [0.717, 1.165) is 43.4 Å². The Balaban J connectivity index is 0.000000785. The molecule has 0 bridgehead atoms. The summed E-state index contributed by atoms with van der Waals surface area (Å²) in [5, 5.41) is 0. The molecule has 170 valence electrons. The molecule has 1 fully saturated rings. The van der Waals surface area contributed by atoms with Gasteiger partial charge in [0.25, 0.3) is 0 Å². The maximum Gasteiger partial charge on any atom is 0.224 e. The van der Waals surface area contributed by atoms with Crippen LogP contribution < -0.4 is 15.1 Å². The van der Waals surface area contributed by atoms with Crippen molar-refractivity contribution in [1.82, 2.24) is 10.4 Å². The molecule has 0 aliphatic carbocycles. The van der Waals surface area contributed by atoms with Crippen LogP contribution in [0.2, 0.25) is 0 Å². The van der Waals surface area contributed by atoms with Crippen LogP contribution in [0.3, 0.4) is 0 Å². The summed E-state index contributed by atoms with van der Waals surface area (Å²) < 4.78 is 5.20. The van der Waals surface area contributed by atoms with Gasteiger partial charge in [-0.05, 0) is 35.7 Å². The normalized spacial score (nSPS) is 13.6. The number of piperazine rings is 1. The smallest absolute Gasteiger partial charge is 0.224 e. The van der Waals surface area contributed by atoms with Crippen molar-refractivity contribution in [1.29, 1.82) is 0 Å². The molecule has 3 rings (SSSR count). The Hall–Kier alpha value is -2.57. The Labute approximate surface area is 187 Å². The molecule has 1 amide bonds. The first-order chi connectivity index (χ1) is 15.0. The van der Waals surface area contributed by atoms with Gasteiger partial charge < -0.3 is 14.5 Å². The van der Waals surface area contributed by atoms with Gasteiger partial charge in [0.05, 0.1) is 13.7 Å². The number of hydrogen-bond acceptors (Lipinski definition) is 5. The highest BCUT2D eigenvalue weighted by atomic mass is 16.6.